The van der Waals surface area contributed by atoms with Crippen LogP contribution in [0.25, 0.3) is 0 Å². The van der Waals surface area contributed by atoms with Gasteiger partial charge in [0, 0.05) is 90.6 Å². The Labute approximate surface area is 739 Å². The van der Waals surface area contributed by atoms with Crippen molar-refractivity contribution in [3.8, 4) is 11.5 Å². The molecule has 2 aliphatic rings. The number of carboxylic acid groups (broad SMARTS) is 2. The molecule has 2 heterocycles. The summed E-state index contributed by atoms with van der Waals surface area (Å²) in [5, 5.41) is 85.6. The topological polar surface area (TPSA) is 643 Å². The maximum absolute atomic E-state index is 13.9. The Hall–Kier alpha value is -8.91. The van der Waals surface area contributed by atoms with E-state index in [1.54, 1.807) is 13.0 Å². The van der Waals surface area contributed by atoms with Crippen LogP contribution in [0.4, 0.5) is 0 Å². The van der Waals surface area contributed by atoms with Crippen LogP contribution in [0.15, 0.2) is 36.4 Å². The van der Waals surface area contributed by atoms with Crippen LogP contribution in [0.1, 0.15) is 143 Å². The van der Waals surface area contributed by atoms with E-state index in [2.05, 4.69) is 15.5 Å². The Morgan fingerprint density at radius 1 is 0.461 bits per heavy atom. The zero-order valence-electron chi connectivity index (χ0n) is 72.3. The van der Waals surface area contributed by atoms with E-state index in [0.717, 1.165) is 0 Å². The van der Waals surface area contributed by atoms with Gasteiger partial charge in [-0.05, 0) is 86.8 Å². The third-order valence-corrected chi connectivity index (χ3v) is 18.5. The molecule has 45 nitrogen and oxygen atoms in total. The number of nitrogens with one attached hydrogen (secondary N) is 2. The Morgan fingerprint density at radius 3 is 1.27 bits per heavy atom. The van der Waals surface area contributed by atoms with Crippen molar-refractivity contribution in [2.45, 2.75) is 185 Å². The number of rotatable bonds is 74. The van der Waals surface area contributed by atoms with Gasteiger partial charge in [0.05, 0.1) is 156 Å². The fraction of sp³-hybridized carbons (Fsp3) is 0.699. The first-order chi connectivity index (χ1) is 61.6. The number of ether oxygens (including phenoxy) is 18. The Kier molecular flexibility index (Phi) is 64.7. The number of esters is 2. The summed E-state index contributed by atoms with van der Waals surface area (Å²) < 4.78 is 98.4. The lowest BCUT2D eigenvalue weighted by Crippen LogP contribution is -2.61. The van der Waals surface area contributed by atoms with Crippen molar-refractivity contribution >= 4 is 76.9 Å². The van der Waals surface area contributed by atoms with Crippen LogP contribution in [0.2, 0.25) is 0 Å². The van der Waals surface area contributed by atoms with Crippen molar-refractivity contribution in [2.75, 3.05) is 178 Å². The summed E-state index contributed by atoms with van der Waals surface area (Å²) in [4.78, 5) is 177. The van der Waals surface area contributed by atoms with E-state index in [-0.39, 0.29) is 294 Å². The van der Waals surface area contributed by atoms with Crippen molar-refractivity contribution in [3.05, 3.63) is 58.7 Å². The number of aliphatic hydroxyl groups is 6. The third kappa shape index (κ3) is 52.1. The molecule has 4 rings (SSSR count). The largest absolute Gasteiger partial charge is 0.481 e. The first-order valence-corrected chi connectivity index (χ1v) is 41.7. The molecule has 45 heteroatoms. The molecular formula is C83H125N3O42. The molecule has 2 aliphatic heterocycles. The average Bonchev–Trinajstić information content (AvgIpc) is 0.761. The normalized spacial score (nSPS) is 18.3. The van der Waals surface area contributed by atoms with E-state index in [9.17, 15) is 93.6 Å². The Balaban J connectivity index is 0.00000897. The highest BCUT2D eigenvalue weighted by Crippen LogP contribution is 2.31. The quantitative estimate of drug-likeness (QED) is 0.0164. The summed E-state index contributed by atoms with van der Waals surface area (Å²) >= 11 is 0. The van der Waals surface area contributed by atoms with Crippen LogP contribution >= 0.6 is 0 Å². The van der Waals surface area contributed by atoms with Crippen LogP contribution in [0.3, 0.4) is 0 Å². The van der Waals surface area contributed by atoms with Crippen LogP contribution < -0.4 is 26.0 Å². The van der Waals surface area contributed by atoms with Crippen molar-refractivity contribution in [3.63, 3.8) is 0 Å². The second-order valence-corrected chi connectivity index (χ2v) is 28.4. The number of Topliss-reactive ketones (excluding diaryl/α,β-unsaturated/α-hetero) is 5. The monoisotopic (exact) mass is 1840 g/mol. The van der Waals surface area contributed by atoms with E-state index >= 15 is 0 Å². The maximum atomic E-state index is 13.9. The molecule has 0 unspecified atom stereocenters. The number of carboxylic acids is 2. The molecular weight excluding hydrogens is 1710 g/mol. The third-order valence-electron chi connectivity index (χ3n) is 18.5. The van der Waals surface area contributed by atoms with E-state index < -0.39 is 128 Å². The molecule has 2 aromatic rings. The summed E-state index contributed by atoms with van der Waals surface area (Å²) in [7, 11) is 0. The second kappa shape index (κ2) is 71.9. The number of aliphatic hydroxyl groups excluding tert-OH is 6. The molecule has 0 spiro atoms. The standard InChI is InChI=1S/C81H125N3O38.2CO2/c1-4-57(46-59(87)50-114-40-38-111-36-34-109-32-30-108-28-25-105-22-8-12-65(90)62-45-56(49-117-54(3)86)15-18-69(62)121-81-75(99)72(96)73(97)76(122-81)79(102)103)77(100)83-20-6-5-10-63(66(91)13-9-23-106-26-29-113-42-43-119-82)84-78(101)58(16-19-70(93)94)47-60(88)51-115-41-39-112-37-35-110-33-31-107-27-24-104-21-7-11-64(89)61-44-55(48-116-53(2)85)14-17-68(61)120-80-74(98)71(95)67(92)52-118-80;2*2-1-3/h14-15,17-18,44-45,57-58,63,67,71-76,80-81,92,95-99H,4-13,16,19-43,46-52,82H2,1-3H3,(H,83,100)(H,84,101)(H,93,94)(H,102,103);;/t57-,58-,63+,67+,71-,72-,73-,74+,75+,76-,80-,81+;;/m0../s1. The average molecular weight is 1840 g/mol. The summed E-state index contributed by atoms with van der Waals surface area (Å²) in [6.07, 6.45) is -13.6. The van der Waals surface area contributed by atoms with E-state index in [0.29, 0.717) is 43.2 Å². The van der Waals surface area contributed by atoms with Gasteiger partial charge in [-0.25, -0.2) is 10.7 Å². The molecule has 0 radical (unpaired) electrons. The highest BCUT2D eigenvalue weighted by atomic mass is 16.7. The highest BCUT2D eigenvalue weighted by Gasteiger charge is 2.48. The van der Waals surface area contributed by atoms with Crippen LogP contribution in [0, 0.1) is 11.8 Å². The zero-order valence-corrected chi connectivity index (χ0v) is 72.3. The maximum Gasteiger partial charge on any atom is 0.373 e. The Bertz CT molecular complexity index is 3590. The van der Waals surface area contributed by atoms with Gasteiger partial charge in [0.2, 0.25) is 24.4 Å². The molecule has 0 aliphatic carbocycles. The van der Waals surface area contributed by atoms with E-state index in [4.69, 9.17) is 110 Å². The van der Waals surface area contributed by atoms with Crippen molar-refractivity contribution in [1.29, 1.82) is 0 Å². The molecule has 12 atom stereocenters. The smallest absolute Gasteiger partial charge is 0.373 e. The molecule has 2 aromatic carbocycles. The number of carbonyl (C=O) groups excluding carboxylic acids is 13. The van der Waals surface area contributed by atoms with Gasteiger partial charge in [-0.15, -0.1) is 0 Å². The zero-order chi connectivity index (χ0) is 94.7. The predicted octanol–water partition coefficient (Wildman–Crippen LogP) is -1.00. The van der Waals surface area contributed by atoms with Crippen LogP contribution in [-0.2, 0) is 156 Å². The fourth-order valence-corrected chi connectivity index (χ4v) is 11.8. The minimum Gasteiger partial charge on any atom is -0.481 e. The van der Waals surface area contributed by atoms with Crippen molar-refractivity contribution in [2.24, 2.45) is 17.7 Å². The van der Waals surface area contributed by atoms with Gasteiger partial charge in [0.1, 0.15) is 74.6 Å². The number of nitrogens with two attached hydrogens (primary N) is 1. The van der Waals surface area contributed by atoms with Gasteiger partial charge in [-0.2, -0.15) is 19.2 Å². The van der Waals surface area contributed by atoms with Gasteiger partial charge >= 0.3 is 36.2 Å². The number of amides is 2. The van der Waals surface area contributed by atoms with Crippen LogP contribution in [-0.4, -0.2) is 357 Å². The van der Waals surface area contributed by atoms with E-state index in [1.165, 1.54) is 44.2 Å². The van der Waals surface area contributed by atoms with Gasteiger partial charge in [-0.1, -0.05) is 19.1 Å². The van der Waals surface area contributed by atoms with Crippen molar-refractivity contribution in [1.82, 2.24) is 10.6 Å². The number of benzene rings is 2. The summed E-state index contributed by atoms with van der Waals surface area (Å²) in [5.74, 6) is -3.58. The first-order valence-electron chi connectivity index (χ1n) is 41.7. The minimum atomic E-state index is -1.95. The minimum absolute atomic E-state index is 0.00364. The molecule has 12 N–H and O–H groups in total. The van der Waals surface area contributed by atoms with Gasteiger partial charge in [0.15, 0.2) is 35.0 Å². The number of aliphatic carboxylic acids is 2. The van der Waals surface area contributed by atoms with E-state index in [1.807, 2.05) is 0 Å². The van der Waals surface area contributed by atoms with Crippen molar-refractivity contribution < 1.29 is 203 Å². The first kappa shape index (κ1) is 115. The lowest BCUT2D eigenvalue weighted by Gasteiger charge is -2.38. The highest BCUT2D eigenvalue weighted by molar-refractivity contribution is 5.99. The molecule has 0 saturated carbocycles. The molecule has 128 heavy (non-hydrogen) atoms. The molecule has 724 valence electrons. The number of unbranched alkanes of at least 4 members (excludes halogenated alkanes) is 1. The SMILES string of the molecule is CC[C@@H](CC(=O)COCCOCCOCCOCCOCCCC(=O)c1cc(COC(C)=O)ccc1O[C@@H]1O[C@H](C(=O)O)[C@@H](O)[C@H](O)[C@H]1O)C(=O)NCCCC[C@@H](NC(=O)[C@@H](CCC(=O)O)CC(=O)COCCOCCOCCOCCOCCCC(=O)c1cc(COC(C)=O)ccc1O[C@@H]1OC[C@@H](O)[C@H](O)[C@H]1O)C(=O)CCCOCCOCCON.O=C=O.O=C=O. The second-order valence-electron chi connectivity index (χ2n) is 28.4. The lowest BCUT2D eigenvalue weighted by atomic mass is 9.94. The summed E-state index contributed by atoms with van der Waals surface area (Å²) in [6.45, 7) is 8.02. The fourth-order valence-electron chi connectivity index (χ4n) is 11.8. The molecule has 2 fully saturated rings. The number of hydrogen-bond acceptors (Lipinski definition) is 41. The van der Waals surface area contributed by atoms with Crippen LogP contribution in [0.5, 0.6) is 11.5 Å². The number of hydrogen-bond donors (Lipinski definition) is 11. The van der Waals surface area contributed by atoms with Gasteiger partial charge < -0.3 is 142 Å². The molecule has 2 amide bonds. The lowest BCUT2D eigenvalue weighted by molar-refractivity contribution is -0.271. The molecule has 0 bridgehead atoms. The Morgan fingerprint density at radius 2 is 0.859 bits per heavy atom. The molecule has 0 aromatic heterocycles. The molecule has 2 saturated heterocycles. The van der Waals surface area contributed by atoms with Gasteiger partial charge in [-0.3, -0.25) is 47.9 Å². The summed E-state index contributed by atoms with van der Waals surface area (Å²) in [5.41, 5.74) is 1.06. The number of carbonyl (C=O) groups is 11. The number of ketones is 5. The van der Waals surface area contributed by atoms with Gasteiger partial charge in [0.25, 0.3) is 0 Å². The predicted molar refractivity (Wildman–Crippen MR) is 431 cm³/mol. The summed E-state index contributed by atoms with van der Waals surface area (Å²) in [6, 6.07) is 7.74.